The second-order valence-electron chi connectivity index (χ2n) is 4.40. The van der Waals surface area contributed by atoms with E-state index < -0.39 is 0 Å². The number of hydrogen-bond donors (Lipinski definition) is 0. The Labute approximate surface area is 80.7 Å². The zero-order valence-corrected chi connectivity index (χ0v) is 9.03. The molecule has 1 saturated heterocycles. The second kappa shape index (κ2) is 4.09. The molecule has 0 N–H and O–H groups in total. The molecule has 1 heterocycles. The molecule has 1 amide bonds. The van der Waals surface area contributed by atoms with Crippen molar-refractivity contribution in [3.05, 3.63) is 0 Å². The normalized spacial score (nSPS) is 31.0. The first kappa shape index (κ1) is 10.5. The largest absolute Gasteiger partial charge is 0.340 e. The molecule has 13 heavy (non-hydrogen) atoms. The zero-order valence-electron chi connectivity index (χ0n) is 9.03. The zero-order chi connectivity index (χ0) is 10.0. The van der Waals surface area contributed by atoms with E-state index in [1.165, 1.54) is 0 Å². The smallest absolute Gasteiger partial charge is 0.210 e. The fourth-order valence-corrected chi connectivity index (χ4v) is 2.06. The molecule has 1 aliphatic heterocycles. The van der Waals surface area contributed by atoms with Gasteiger partial charge in [-0.2, -0.15) is 0 Å². The predicted octanol–water partition coefficient (Wildman–Crippen LogP) is 0.803. The Morgan fingerprint density at radius 2 is 2.00 bits per heavy atom. The highest BCUT2D eigenvalue weighted by Gasteiger charge is 2.29. The number of amides is 1. The first-order valence-electron chi connectivity index (χ1n) is 4.97. The van der Waals surface area contributed by atoms with Gasteiger partial charge >= 0.3 is 0 Å². The molecule has 3 heteroatoms. The van der Waals surface area contributed by atoms with Crippen LogP contribution in [-0.4, -0.2) is 48.4 Å². The molecule has 0 aliphatic carbocycles. The first-order valence-corrected chi connectivity index (χ1v) is 4.97. The molecule has 1 aliphatic rings. The van der Waals surface area contributed by atoms with E-state index in [4.69, 9.17) is 0 Å². The van der Waals surface area contributed by atoms with E-state index in [0.29, 0.717) is 18.0 Å². The molecule has 1 fully saturated rings. The van der Waals surface area contributed by atoms with E-state index in [9.17, 15) is 4.79 Å². The number of rotatable bonds is 2. The van der Waals surface area contributed by atoms with E-state index in [0.717, 1.165) is 19.5 Å². The molecule has 0 spiro atoms. The number of carbonyl (C=O) groups excluding carboxylic acids is 1. The summed E-state index contributed by atoms with van der Waals surface area (Å²) >= 11 is 0. The minimum atomic E-state index is 0.359. The third-order valence-corrected chi connectivity index (χ3v) is 2.99. The average molecular weight is 184 g/mol. The van der Waals surface area contributed by atoms with E-state index in [2.05, 4.69) is 32.7 Å². The number of hydrogen-bond acceptors (Lipinski definition) is 2. The van der Waals surface area contributed by atoms with Gasteiger partial charge in [0.2, 0.25) is 6.41 Å². The van der Waals surface area contributed by atoms with Crippen LogP contribution < -0.4 is 0 Å². The van der Waals surface area contributed by atoms with Gasteiger partial charge in [0.1, 0.15) is 0 Å². The van der Waals surface area contributed by atoms with Gasteiger partial charge in [0.25, 0.3) is 0 Å². The van der Waals surface area contributed by atoms with Gasteiger partial charge in [0.15, 0.2) is 0 Å². The summed E-state index contributed by atoms with van der Waals surface area (Å²) in [6.07, 6.45) is 0.979. The van der Waals surface area contributed by atoms with Crippen molar-refractivity contribution >= 4 is 6.41 Å². The van der Waals surface area contributed by atoms with Crippen molar-refractivity contribution in [2.45, 2.75) is 32.9 Å². The average Bonchev–Trinajstić information content (AvgIpc) is 2.03. The lowest BCUT2D eigenvalue weighted by molar-refractivity contribution is -0.123. The van der Waals surface area contributed by atoms with Gasteiger partial charge in [-0.3, -0.25) is 9.69 Å². The SMILES string of the molecule is CC(C)C1CN(C=O)C(C)CN1C. The van der Waals surface area contributed by atoms with Crippen LogP contribution in [0.2, 0.25) is 0 Å². The van der Waals surface area contributed by atoms with Gasteiger partial charge in [0.05, 0.1) is 0 Å². The van der Waals surface area contributed by atoms with Gasteiger partial charge in [-0.15, -0.1) is 0 Å². The minimum Gasteiger partial charge on any atom is -0.340 e. The molecular weight excluding hydrogens is 164 g/mol. The lowest BCUT2D eigenvalue weighted by Crippen LogP contribution is -2.57. The molecule has 0 aromatic rings. The van der Waals surface area contributed by atoms with Crippen LogP contribution in [0.15, 0.2) is 0 Å². The monoisotopic (exact) mass is 184 g/mol. The highest BCUT2D eigenvalue weighted by atomic mass is 16.1. The second-order valence-corrected chi connectivity index (χ2v) is 4.40. The number of nitrogens with zero attached hydrogens (tertiary/aromatic N) is 2. The molecule has 1 rings (SSSR count). The molecule has 0 radical (unpaired) electrons. The molecule has 76 valence electrons. The fourth-order valence-electron chi connectivity index (χ4n) is 2.06. The molecule has 2 unspecified atom stereocenters. The van der Waals surface area contributed by atoms with Crippen molar-refractivity contribution in [2.24, 2.45) is 5.92 Å². The Hall–Kier alpha value is -0.570. The maximum atomic E-state index is 10.8. The maximum Gasteiger partial charge on any atom is 0.210 e. The molecular formula is C10H20N2O. The van der Waals surface area contributed by atoms with E-state index >= 15 is 0 Å². The highest BCUT2D eigenvalue weighted by Crippen LogP contribution is 2.17. The van der Waals surface area contributed by atoms with Gasteiger partial charge < -0.3 is 4.90 Å². The van der Waals surface area contributed by atoms with E-state index in [-0.39, 0.29) is 0 Å². The van der Waals surface area contributed by atoms with Gasteiger partial charge in [-0.25, -0.2) is 0 Å². The Morgan fingerprint density at radius 1 is 1.38 bits per heavy atom. The van der Waals surface area contributed by atoms with Crippen LogP contribution in [0, 0.1) is 5.92 Å². The van der Waals surface area contributed by atoms with Gasteiger partial charge in [-0.1, -0.05) is 13.8 Å². The summed E-state index contributed by atoms with van der Waals surface area (Å²) in [5.74, 6) is 0.611. The van der Waals surface area contributed by atoms with Crippen molar-refractivity contribution < 1.29 is 4.79 Å². The van der Waals surface area contributed by atoms with Crippen molar-refractivity contribution in [3.8, 4) is 0 Å². The Morgan fingerprint density at radius 3 is 2.46 bits per heavy atom. The highest BCUT2D eigenvalue weighted by molar-refractivity contribution is 5.48. The van der Waals surface area contributed by atoms with Crippen LogP contribution in [-0.2, 0) is 4.79 Å². The standard InChI is InChI=1S/C10H20N2O/c1-8(2)10-6-12(7-13)9(3)5-11(10)4/h7-10H,5-6H2,1-4H3. The van der Waals surface area contributed by atoms with Crippen molar-refractivity contribution in [2.75, 3.05) is 20.1 Å². The van der Waals surface area contributed by atoms with Crippen LogP contribution >= 0.6 is 0 Å². The lowest BCUT2D eigenvalue weighted by Gasteiger charge is -2.43. The summed E-state index contributed by atoms with van der Waals surface area (Å²) in [6, 6.07) is 0.874. The summed E-state index contributed by atoms with van der Waals surface area (Å²) in [6.45, 7) is 8.38. The van der Waals surface area contributed by atoms with Crippen molar-refractivity contribution in [3.63, 3.8) is 0 Å². The quantitative estimate of drug-likeness (QED) is 0.593. The fraction of sp³-hybridized carbons (Fsp3) is 0.900. The van der Waals surface area contributed by atoms with Crippen LogP contribution in [0.1, 0.15) is 20.8 Å². The third kappa shape index (κ3) is 2.21. The van der Waals surface area contributed by atoms with E-state index in [1.54, 1.807) is 0 Å². The minimum absolute atomic E-state index is 0.359. The topological polar surface area (TPSA) is 23.6 Å². The Balaban J connectivity index is 2.63. The van der Waals surface area contributed by atoms with Gasteiger partial charge in [-0.05, 0) is 19.9 Å². The summed E-state index contributed by atoms with van der Waals surface area (Å²) in [5.41, 5.74) is 0. The molecule has 3 nitrogen and oxygen atoms in total. The maximum absolute atomic E-state index is 10.8. The summed E-state index contributed by atoms with van der Waals surface area (Å²) < 4.78 is 0. The Bertz CT molecular complexity index is 182. The molecule has 0 saturated carbocycles. The summed E-state index contributed by atoms with van der Waals surface area (Å²) in [7, 11) is 2.14. The van der Waals surface area contributed by atoms with Crippen molar-refractivity contribution in [1.29, 1.82) is 0 Å². The molecule has 2 atom stereocenters. The summed E-state index contributed by atoms with van der Waals surface area (Å²) in [5, 5.41) is 0. The molecule has 0 aromatic heterocycles. The van der Waals surface area contributed by atoms with Crippen LogP contribution in [0.4, 0.5) is 0 Å². The third-order valence-electron chi connectivity index (χ3n) is 2.99. The van der Waals surface area contributed by atoms with Crippen LogP contribution in [0.3, 0.4) is 0 Å². The summed E-state index contributed by atoms with van der Waals surface area (Å²) in [4.78, 5) is 15.0. The van der Waals surface area contributed by atoms with Crippen LogP contribution in [0.5, 0.6) is 0 Å². The predicted molar refractivity (Wildman–Crippen MR) is 53.5 cm³/mol. The lowest BCUT2D eigenvalue weighted by atomic mass is 9.98. The first-order chi connectivity index (χ1) is 6.06. The Kier molecular flexibility index (Phi) is 3.31. The number of likely N-dealkylation sites (N-methyl/N-ethyl adjacent to an activating group) is 1. The van der Waals surface area contributed by atoms with Crippen LogP contribution in [0.25, 0.3) is 0 Å². The number of carbonyl (C=O) groups is 1. The van der Waals surface area contributed by atoms with Gasteiger partial charge in [0, 0.05) is 25.2 Å². The molecule has 0 bridgehead atoms. The molecule has 0 aromatic carbocycles. The van der Waals surface area contributed by atoms with E-state index in [1.807, 2.05) is 4.90 Å². The van der Waals surface area contributed by atoms with Crippen molar-refractivity contribution in [1.82, 2.24) is 9.80 Å². The number of piperazine rings is 1.